The average molecular weight is 284 g/mol. The summed E-state index contributed by atoms with van der Waals surface area (Å²) in [6.45, 7) is 1.09. The van der Waals surface area contributed by atoms with Gasteiger partial charge in [-0.15, -0.1) is 0 Å². The van der Waals surface area contributed by atoms with Crippen LogP contribution in [0.15, 0.2) is 18.2 Å². The molecule has 102 valence electrons. The minimum atomic E-state index is -1.08. The minimum absolute atomic E-state index is 0.0442. The third-order valence-corrected chi connectivity index (χ3v) is 3.16. The largest absolute Gasteiger partial charge is 0.478 e. The number of carbonyl (C=O) groups excluding carboxylic acids is 1. The molecule has 1 saturated heterocycles. The Hall–Kier alpha value is -1.59. The summed E-state index contributed by atoms with van der Waals surface area (Å²) in [5.41, 5.74) is 0.433. The molecule has 1 amide bonds. The molecule has 2 rings (SSSR count). The molecule has 1 aromatic rings. The van der Waals surface area contributed by atoms with E-state index in [2.05, 4.69) is 5.32 Å². The van der Waals surface area contributed by atoms with Gasteiger partial charge in [-0.05, 0) is 31.0 Å². The molecule has 1 unspecified atom stereocenters. The molecule has 0 radical (unpaired) electrons. The number of benzene rings is 1. The maximum Gasteiger partial charge on any atom is 0.335 e. The van der Waals surface area contributed by atoms with Crippen LogP contribution in [0.3, 0.4) is 0 Å². The van der Waals surface area contributed by atoms with Crippen molar-refractivity contribution in [3.05, 3.63) is 28.8 Å². The Kier molecular flexibility index (Phi) is 4.39. The van der Waals surface area contributed by atoms with Crippen molar-refractivity contribution in [3.63, 3.8) is 0 Å². The van der Waals surface area contributed by atoms with Crippen LogP contribution in [0.4, 0.5) is 5.69 Å². The van der Waals surface area contributed by atoms with E-state index in [1.54, 1.807) is 0 Å². The summed E-state index contributed by atoms with van der Waals surface area (Å²) in [7, 11) is 0. The number of carboxylic acid groups (broad SMARTS) is 1. The lowest BCUT2D eigenvalue weighted by Crippen LogP contribution is -2.30. The summed E-state index contributed by atoms with van der Waals surface area (Å²) in [5, 5.41) is 11.9. The predicted octanol–water partition coefficient (Wildman–Crippen LogP) is 2.40. The van der Waals surface area contributed by atoms with Gasteiger partial charge in [-0.1, -0.05) is 11.6 Å². The Labute approximate surface area is 115 Å². The average Bonchev–Trinajstić information content (AvgIpc) is 2.39. The Morgan fingerprint density at radius 2 is 2.16 bits per heavy atom. The molecule has 1 aliphatic rings. The van der Waals surface area contributed by atoms with E-state index in [1.807, 2.05) is 0 Å². The molecule has 1 aromatic carbocycles. The maximum atomic E-state index is 12.0. The summed E-state index contributed by atoms with van der Waals surface area (Å²) >= 11 is 5.82. The number of nitrogens with one attached hydrogen (secondary N) is 1. The molecule has 1 aliphatic heterocycles. The maximum absolute atomic E-state index is 12.0. The van der Waals surface area contributed by atoms with E-state index >= 15 is 0 Å². The Morgan fingerprint density at radius 3 is 2.79 bits per heavy atom. The highest BCUT2D eigenvalue weighted by molar-refractivity contribution is 6.31. The first-order valence-electron chi connectivity index (χ1n) is 5.99. The standard InChI is InChI=1S/C13H14ClNO4/c14-10-4-9(13(17)18)5-11(6-10)15-12(16)8-2-1-3-19-7-8/h4-6,8H,1-3,7H2,(H,15,16)(H,17,18). The lowest BCUT2D eigenvalue weighted by Gasteiger charge is -2.21. The zero-order valence-electron chi connectivity index (χ0n) is 10.2. The molecule has 1 atom stereocenters. The van der Waals surface area contributed by atoms with Gasteiger partial charge in [-0.25, -0.2) is 4.79 Å². The number of aromatic carboxylic acids is 1. The van der Waals surface area contributed by atoms with Crippen molar-refractivity contribution in [3.8, 4) is 0 Å². The molecule has 0 saturated carbocycles. The summed E-state index contributed by atoms with van der Waals surface area (Å²) in [6, 6.07) is 4.24. The highest BCUT2D eigenvalue weighted by Crippen LogP contribution is 2.21. The Bertz CT molecular complexity index is 497. The third kappa shape index (κ3) is 3.68. The van der Waals surface area contributed by atoms with Gasteiger partial charge in [0.1, 0.15) is 0 Å². The number of anilines is 1. The van der Waals surface area contributed by atoms with Crippen LogP contribution >= 0.6 is 11.6 Å². The van der Waals surface area contributed by atoms with E-state index in [0.29, 0.717) is 18.9 Å². The highest BCUT2D eigenvalue weighted by Gasteiger charge is 2.22. The first kappa shape index (κ1) is 13.8. The second kappa shape index (κ2) is 6.04. The zero-order valence-corrected chi connectivity index (χ0v) is 10.9. The molecule has 0 bridgehead atoms. The Balaban J connectivity index is 2.09. The number of amides is 1. The summed E-state index contributed by atoms with van der Waals surface area (Å²) in [5.74, 6) is -1.45. The van der Waals surface area contributed by atoms with Gasteiger partial charge in [0.2, 0.25) is 5.91 Å². The molecule has 19 heavy (non-hydrogen) atoms. The van der Waals surface area contributed by atoms with Gasteiger partial charge >= 0.3 is 5.97 Å². The van der Waals surface area contributed by atoms with Crippen LogP contribution in [0.25, 0.3) is 0 Å². The van der Waals surface area contributed by atoms with Crippen LogP contribution in [-0.4, -0.2) is 30.2 Å². The van der Waals surface area contributed by atoms with Crippen LogP contribution in [0.1, 0.15) is 23.2 Å². The lowest BCUT2D eigenvalue weighted by atomic mass is 10.0. The van der Waals surface area contributed by atoms with Gasteiger partial charge in [0, 0.05) is 17.3 Å². The smallest absolute Gasteiger partial charge is 0.335 e. The Morgan fingerprint density at radius 1 is 1.37 bits per heavy atom. The van der Waals surface area contributed by atoms with Crippen LogP contribution in [0, 0.1) is 5.92 Å². The second-order valence-corrected chi connectivity index (χ2v) is 4.87. The van der Waals surface area contributed by atoms with E-state index < -0.39 is 5.97 Å². The topological polar surface area (TPSA) is 75.6 Å². The number of carboxylic acids is 1. The number of hydrogen-bond acceptors (Lipinski definition) is 3. The van der Waals surface area contributed by atoms with Crippen molar-refractivity contribution in [1.29, 1.82) is 0 Å². The first-order valence-corrected chi connectivity index (χ1v) is 6.36. The van der Waals surface area contributed by atoms with Crippen LogP contribution in [-0.2, 0) is 9.53 Å². The lowest BCUT2D eigenvalue weighted by molar-refractivity contribution is -0.123. The number of carbonyl (C=O) groups is 2. The monoisotopic (exact) mass is 283 g/mol. The van der Waals surface area contributed by atoms with E-state index in [-0.39, 0.29) is 22.4 Å². The number of hydrogen-bond donors (Lipinski definition) is 2. The quantitative estimate of drug-likeness (QED) is 0.893. The molecule has 5 nitrogen and oxygen atoms in total. The van der Waals surface area contributed by atoms with Crippen molar-refractivity contribution < 1.29 is 19.4 Å². The molecular formula is C13H14ClNO4. The molecule has 6 heteroatoms. The summed E-state index contributed by atoms with van der Waals surface area (Å²) < 4.78 is 5.25. The van der Waals surface area contributed by atoms with Gasteiger partial charge in [-0.3, -0.25) is 4.79 Å². The first-order chi connectivity index (χ1) is 9.06. The summed E-state index contributed by atoms with van der Waals surface area (Å²) in [4.78, 5) is 22.9. The van der Waals surface area contributed by atoms with Crippen molar-refractivity contribution in [2.45, 2.75) is 12.8 Å². The van der Waals surface area contributed by atoms with Crippen molar-refractivity contribution in [2.75, 3.05) is 18.5 Å². The number of ether oxygens (including phenoxy) is 1. The van der Waals surface area contributed by atoms with Crippen LogP contribution in [0.5, 0.6) is 0 Å². The molecule has 0 spiro atoms. The van der Waals surface area contributed by atoms with Gasteiger partial charge in [0.25, 0.3) is 0 Å². The molecule has 0 aliphatic carbocycles. The highest BCUT2D eigenvalue weighted by atomic mass is 35.5. The van der Waals surface area contributed by atoms with Crippen molar-refractivity contribution >= 4 is 29.2 Å². The van der Waals surface area contributed by atoms with Gasteiger partial charge in [0.05, 0.1) is 18.1 Å². The molecule has 1 heterocycles. The van der Waals surface area contributed by atoms with E-state index in [9.17, 15) is 9.59 Å². The van der Waals surface area contributed by atoms with Crippen LogP contribution in [0.2, 0.25) is 5.02 Å². The van der Waals surface area contributed by atoms with Gasteiger partial charge < -0.3 is 15.2 Å². The molecule has 2 N–H and O–H groups in total. The fraction of sp³-hybridized carbons (Fsp3) is 0.385. The van der Waals surface area contributed by atoms with E-state index in [0.717, 1.165) is 12.8 Å². The fourth-order valence-corrected chi connectivity index (χ4v) is 2.21. The van der Waals surface area contributed by atoms with Gasteiger partial charge in [-0.2, -0.15) is 0 Å². The number of halogens is 1. The molecule has 0 aromatic heterocycles. The second-order valence-electron chi connectivity index (χ2n) is 4.44. The van der Waals surface area contributed by atoms with Crippen molar-refractivity contribution in [2.24, 2.45) is 5.92 Å². The predicted molar refractivity (Wildman–Crippen MR) is 70.6 cm³/mol. The fourth-order valence-electron chi connectivity index (χ4n) is 1.98. The van der Waals surface area contributed by atoms with E-state index in [4.69, 9.17) is 21.4 Å². The zero-order chi connectivity index (χ0) is 13.8. The summed E-state index contributed by atoms with van der Waals surface area (Å²) in [6.07, 6.45) is 1.63. The van der Waals surface area contributed by atoms with E-state index in [1.165, 1.54) is 18.2 Å². The van der Waals surface area contributed by atoms with Crippen LogP contribution < -0.4 is 5.32 Å². The number of rotatable bonds is 3. The molecule has 1 fully saturated rings. The third-order valence-electron chi connectivity index (χ3n) is 2.94. The SMILES string of the molecule is O=C(O)c1cc(Cl)cc(NC(=O)C2CCCOC2)c1. The molecular weight excluding hydrogens is 270 g/mol. The minimum Gasteiger partial charge on any atom is -0.478 e. The van der Waals surface area contributed by atoms with Gasteiger partial charge in [0.15, 0.2) is 0 Å². The normalized spacial score (nSPS) is 18.9. The van der Waals surface area contributed by atoms with Crippen molar-refractivity contribution in [1.82, 2.24) is 0 Å².